The molecular weight excluding hydrogens is 394 g/mol. The summed E-state index contributed by atoms with van der Waals surface area (Å²) in [5.41, 5.74) is 4.99. The Hall–Kier alpha value is -2.99. The smallest absolute Gasteiger partial charge is 0.231 e. The maximum atomic E-state index is 12.9. The molecule has 0 radical (unpaired) electrons. The third-order valence-electron chi connectivity index (χ3n) is 5.45. The Kier molecular flexibility index (Phi) is 5.68. The van der Waals surface area contributed by atoms with E-state index in [1.165, 1.54) is 11.3 Å². The van der Waals surface area contributed by atoms with Crippen LogP contribution in [0, 0.1) is 19.8 Å². The molecule has 1 aliphatic heterocycles. The summed E-state index contributed by atoms with van der Waals surface area (Å²) in [6, 6.07) is 16.0. The Morgan fingerprint density at radius 2 is 1.97 bits per heavy atom. The molecule has 1 aliphatic rings. The summed E-state index contributed by atoms with van der Waals surface area (Å²) in [6.07, 6.45) is 1.07. The van der Waals surface area contributed by atoms with Crippen LogP contribution in [0.3, 0.4) is 0 Å². The third kappa shape index (κ3) is 4.00. The lowest BCUT2D eigenvalue weighted by molar-refractivity contribution is -0.122. The largest absolute Gasteiger partial charge is 0.311 e. The molecule has 6 heteroatoms. The molecule has 4 rings (SSSR count). The van der Waals surface area contributed by atoms with Gasteiger partial charge in [-0.15, -0.1) is 11.3 Å². The highest BCUT2D eigenvalue weighted by atomic mass is 32.1. The Labute approximate surface area is 180 Å². The molecule has 1 saturated heterocycles. The Morgan fingerprint density at radius 1 is 1.20 bits per heavy atom. The molecular formula is C24H25N3O2S. The van der Waals surface area contributed by atoms with Crippen LogP contribution < -0.4 is 10.2 Å². The van der Waals surface area contributed by atoms with Crippen molar-refractivity contribution in [3.8, 4) is 11.3 Å². The number of thiazole rings is 1. The van der Waals surface area contributed by atoms with Crippen molar-refractivity contribution in [2.24, 2.45) is 5.92 Å². The van der Waals surface area contributed by atoms with Crippen LogP contribution in [0.1, 0.15) is 29.3 Å². The first-order chi connectivity index (χ1) is 14.5. The van der Waals surface area contributed by atoms with Crippen LogP contribution in [-0.2, 0) is 16.0 Å². The zero-order valence-corrected chi connectivity index (χ0v) is 18.3. The van der Waals surface area contributed by atoms with Crippen LogP contribution in [0.4, 0.5) is 10.8 Å². The molecule has 0 spiro atoms. The first-order valence-corrected chi connectivity index (χ1v) is 11.0. The van der Waals surface area contributed by atoms with Gasteiger partial charge in [0.05, 0.1) is 11.6 Å². The SMILES string of the molecule is CCc1sc(NC(=O)C2CC(=O)N(c3cc(C)ccc3C)C2)nc1-c1ccccc1. The van der Waals surface area contributed by atoms with Crippen LogP contribution in [0.2, 0.25) is 0 Å². The van der Waals surface area contributed by atoms with Crippen molar-refractivity contribution in [2.45, 2.75) is 33.6 Å². The number of nitrogens with zero attached hydrogens (tertiary/aromatic N) is 2. The van der Waals surface area contributed by atoms with E-state index in [-0.39, 0.29) is 24.2 Å². The number of nitrogens with one attached hydrogen (secondary N) is 1. The summed E-state index contributed by atoms with van der Waals surface area (Å²) < 4.78 is 0. The molecule has 1 atom stereocenters. The fraction of sp³-hybridized carbons (Fsp3) is 0.292. The summed E-state index contributed by atoms with van der Waals surface area (Å²) in [5.74, 6) is -0.541. The molecule has 30 heavy (non-hydrogen) atoms. The second-order valence-electron chi connectivity index (χ2n) is 7.69. The van der Waals surface area contributed by atoms with E-state index < -0.39 is 0 Å². The van der Waals surface area contributed by atoms with Crippen LogP contribution in [0.25, 0.3) is 11.3 Å². The van der Waals surface area contributed by atoms with Gasteiger partial charge in [0, 0.05) is 29.1 Å². The average molecular weight is 420 g/mol. The molecule has 3 aromatic rings. The number of amides is 2. The lowest BCUT2D eigenvalue weighted by atomic mass is 10.1. The molecule has 2 heterocycles. The zero-order chi connectivity index (χ0) is 21.3. The van der Waals surface area contributed by atoms with Gasteiger partial charge >= 0.3 is 0 Å². The van der Waals surface area contributed by atoms with Crippen LogP contribution in [0.5, 0.6) is 0 Å². The molecule has 5 nitrogen and oxygen atoms in total. The van der Waals surface area contributed by atoms with Crippen molar-refractivity contribution in [3.05, 3.63) is 64.5 Å². The number of aromatic nitrogens is 1. The number of rotatable bonds is 5. The molecule has 0 saturated carbocycles. The van der Waals surface area contributed by atoms with Gasteiger partial charge in [-0.25, -0.2) is 4.98 Å². The van der Waals surface area contributed by atoms with Gasteiger partial charge in [-0.05, 0) is 37.5 Å². The minimum atomic E-state index is -0.383. The topological polar surface area (TPSA) is 62.3 Å². The number of aryl methyl sites for hydroxylation is 3. The minimum absolute atomic E-state index is 0.0118. The highest BCUT2D eigenvalue weighted by molar-refractivity contribution is 7.16. The molecule has 2 aromatic carbocycles. The van der Waals surface area contributed by atoms with Crippen molar-refractivity contribution in [1.82, 2.24) is 4.98 Å². The van der Waals surface area contributed by atoms with E-state index in [1.807, 2.05) is 62.4 Å². The second kappa shape index (κ2) is 8.40. The molecule has 1 aromatic heterocycles. The summed E-state index contributed by atoms with van der Waals surface area (Å²) in [6.45, 7) is 6.48. The Bertz CT molecular complexity index is 1090. The first-order valence-electron chi connectivity index (χ1n) is 10.2. The Balaban J connectivity index is 1.50. The molecule has 154 valence electrons. The maximum absolute atomic E-state index is 12.9. The monoisotopic (exact) mass is 419 g/mol. The van der Waals surface area contributed by atoms with Crippen molar-refractivity contribution in [2.75, 3.05) is 16.8 Å². The van der Waals surface area contributed by atoms with Gasteiger partial charge in [-0.3, -0.25) is 9.59 Å². The van der Waals surface area contributed by atoms with Gasteiger partial charge in [0.2, 0.25) is 11.8 Å². The number of hydrogen-bond acceptors (Lipinski definition) is 4. The highest BCUT2D eigenvalue weighted by Gasteiger charge is 2.36. The lowest BCUT2D eigenvalue weighted by Crippen LogP contribution is -2.28. The normalized spacial score (nSPS) is 16.2. The Morgan fingerprint density at radius 3 is 2.70 bits per heavy atom. The van der Waals surface area contributed by atoms with Crippen LogP contribution >= 0.6 is 11.3 Å². The number of carbonyl (C=O) groups excluding carboxylic acids is 2. The van der Waals surface area contributed by atoms with Gasteiger partial charge in [-0.2, -0.15) is 0 Å². The zero-order valence-electron chi connectivity index (χ0n) is 17.4. The maximum Gasteiger partial charge on any atom is 0.231 e. The predicted molar refractivity (Wildman–Crippen MR) is 122 cm³/mol. The van der Waals surface area contributed by atoms with E-state index in [0.717, 1.165) is 39.4 Å². The molecule has 1 fully saturated rings. The molecule has 1 N–H and O–H groups in total. The molecule has 0 aliphatic carbocycles. The summed E-state index contributed by atoms with van der Waals surface area (Å²) in [7, 11) is 0. The van der Waals surface area contributed by atoms with Crippen molar-refractivity contribution in [3.63, 3.8) is 0 Å². The van der Waals surface area contributed by atoms with E-state index in [4.69, 9.17) is 0 Å². The minimum Gasteiger partial charge on any atom is -0.311 e. The molecule has 1 unspecified atom stereocenters. The van der Waals surface area contributed by atoms with E-state index in [1.54, 1.807) is 4.90 Å². The van der Waals surface area contributed by atoms with Crippen molar-refractivity contribution < 1.29 is 9.59 Å². The average Bonchev–Trinajstić information content (AvgIpc) is 3.34. The fourth-order valence-corrected chi connectivity index (χ4v) is 4.73. The van der Waals surface area contributed by atoms with E-state index in [2.05, 4.69) is 17.2 Å². The number of anilines is 2. The third-order valence-corrected chi connectivity index (χ3v) is 6.56. The number of carbonyl (C=O) groups is 2. The summed E-state index contributed by atoms with van der Waals surface area (Å²) in [5, 5.41) is 3.55. The molecule has 0 bridgehead atoms. The van der Waals surface area contributed by atoms with Crippen molar-refractivity contribution >= 4 is 34.0 Å². The van der Waals surface area contributed by atoms with Crippen LogP contribution in [-0.4, -0.2) is 23.3 Å². The van der Waals surface area contributed by atoms with Gasteiger partial charge in [0.1, 0.15) is 0 Å². The first kappa shape index (κ1) is 20.3. The van der Waals surface area contributed by atoms with Gasteiger partial charge in [-0.1, -0.05) is 49.4 Å². The predicted octanol–water partition coefficient (Wildman–Crippen LogP) is 4.98. The van der Waals surface area contributed by atoms with E-state index >= 15 is 0 Å². The van der Waals surface area contributed by atoms with Gasteiger partial charge < -0.3 is 10.2 Å². The lowest BCUT2D eigenvalue weighted by Gasteiger charge is -2.19. The number of hydrogen-bond donors (Lipinski definition) is 1. The molecule has 2 amide bonds. The quantitative estimate of drug-likeness (QED) is 0.634. The van der Waals surface area contributed by atoms with E-state index in [9.17, 15) is 9.59 Å². The summed E-state index contributed by atoms with van der Waals surface area (Å²) >= 11 is 1.50. The summed E-state index contributed by atoms with van der Waals surface area (Å²) in [4.78, 5) is 33.1. The highest BCUT2D eigenvalue weighted by Crippen LogP contribution is 2.33. The van der Waals surface area contributed by atoms with Gasteiger partial charge in [0.25, 0.3) is 0 Å². The van der Waals surface area contributed by atoms with Crippen molar-refractivity contribution in [1.29, 1.82) is 0 Å². The van der Waals surface area contributed by atoms with Gasteiger partial charge in [0.15, 0.2) is 5.13 Å². The fourth-order valence-electron chi connectivity index (χ4n) is 3.80. The second-order valence-corrected chi connectivity index (χ2v) is 8.78. The van der Waals surface area contributed by atoms with E-state index in [0.29, 0.717) is 11.7 Å². The van der Waals surface area contributed by atoms with Crippen LogP contribution in [0.15, 0.2) is 48.5 Å². The number of benzene rings is 2. The standard InChI is InChI=1S/C24H25N3O2S/c1-4-20-22(17-8-6-5-7-9-17)25-24(30-20)26-23(29)18-13-21(28)27(14-18)19-12-15(2)10-11-16(19)3/h5-12,18H,4,13-14H2,1-3H3,(H,25,26,29).